The zero-order valence-corrected chi connectivity index (χ0v) is 22.9. The summed E-state index contributed by atoms with van der Waals surface area (Å²) in [5.74, 6) is -2.54. The lowest BCUT2D eigenvalue weighted by molar-refractivity contribution is 0.249. The molecule has 12 heteroatoms. The van der Waals surface area contributed by atoms with Gasteiger partial charge in [0.25, 0.3) is 0 Å². The first-order valence-electron chi connectivity index (χ1n) is 12.5. The fourth-order valence-electron chi connectivity index (χ4n) is 4.17. The van der Waals surface area contributed by atoms with Crippen molar-refractivity contribution in [3.63, 3.8) is 0 Å². The van der Waals surface area contributed by atoms with Gasteiger partial charge in [-0.25, -0.2) is 13.6 Å². The Hall–Kier alpha value is -4.32. The zero-order valence-electron chi connectivity index (χ0n) is 22.9. The number of urea groups is 1. The van der Waals surface area contributed by atoms with Gasteiger partial charge in [0.1, 0.15) is 5.69 Å². The molecule has 2 amide bonds. The van der Waals surface area contributed by atoms with Gasteiger partial charge in [0.2, 0.25) is 0 Å². The average molecular weight is 544 g/mol. The Bertz CT molecular complexity index is 1270. The highest BCUT2D eigenvalue weighted by atomic mass is 19.1. The Morgan fingerprint density at radius 1 is 1.23 bits per heavy atom. The van der Waals surface area contributed by atoms with E-state index in [1.54, 1.807) is 43.9 Å². The van der Waals surface area contributed by atoms with Crippen LogP contribution in [0, 0.1) is 11.6 Å². The summed E-state index contributed by atoms with van der Waals surface area (Å²) in [5.41, 5.74) is 14.5. The highest BCUT2D eigenvalue weighted by Crippen LogP contribution is 2.41. The number of rotatable bonds is 8. The number of nitrogens with zero attached hydrogens (tertiary/aromatic N) is 3. The Balaban J connectivity index is 0.00000205. The van der Waals surface area contributed by atoms with Crippen molar-refractivity contribution in [1.29, 1.82) is 0 Å². The summed E-state index contributed by atoms with van der Waals surface area (Å²) in [6, 6.07) is 1.87. The minimum absolute atomic E-state index is 0.0801. The third kappa shape index (κ3) is 5.90. The molecular formula is C27H35F2N7O3. The van der Waals surface area contributed by atoms with Crippen molar-refractivity contribution in [2.45, 2.75) is 33.4 Å². The molecule has 2 aromatic rings. The number of hydrogen-bond donors (Lipinski definition) is 4. The highest BCUT2D eigenvalue weighted by molar-refractivity contribution is 6.07. The van der Waals surface area contributed by atoms with Crippen molar-refractivity contribution < 1.29 is 23.0 Å². The van der Waals surface area contributed by atoms with E-state index in [1.807, 2.05) is 20.8 Å². The number of allylic oxidation sites excluding steroid dienone is 2. The van der Waals surface area contributed by atoms with Crippen LogP contribution < -0.4 is 41.2 Å². The lowest BCUT2D eigenvalue weighted by Gasteiger charge is -2.38. The molecule has 0 saturated carbocycles. The summed E-state index contributed by atoms with van der Waals surface area (Å²) in [4.78, 5) is 20.9. The minimum atomic E-state index is -1.02. The molecule has 0 fully saturated rings. The third-order valence-corrected chi connectivity index (χ3v) is 5.99. The quantitative estimate of drug-likeness (QED) is 0.398. The normalized spacial score (nSPS) is 15.3. The number of hydrazine groups is 1. The van der Waals surface area contributed by atoms with E-state index in [4.69, 9.17) is 15.2 Å². The first kappa shape index (κ1) is 29.2. The van der Waals surface area contributed by atoms with Gasteiger partial charge in [0.05, 0.1) is 44.4 Å². The summed E-state index contributed by atoms with van der Waals surface area (Å²) in [7, 11) is 4.25. The van der Waals surface area contributed by atoms with Crippen LogP contribution in [0.3, 0.4) is 0 Å². The SMILES string of the molecule is CC.CN/C=C(/c1cc2c(cn1)CN(c1c(F)c(OC)cc(OC)c1F)C(=O)N2CC1=CC=CNN1)C(C)N. The molecule has 0 spiro atoms. The average Bonchev–Trinajstić information content (AvgIpc) is 2.95. The minimum Gasteiger partial charge on any atom is -0.493 e. The van der Waals surface area contributed by atoms with Gasteiger partial charge in [-0.3, -0.25) is 14.8 Å². The van der Waals surface area contributed by atoms with Crippen LogP contribution in [0.2, 0.25) is 0 Å². The van der Waals surface area contributed by atoms with Gasteiger partial charge in [-0.05, 0) is 25.1 Å². The molecule has 3 heterocycles. The van der Waals surface area contributed by atoms with Crippen molar-refractivity contribution in [2.75, 3.05) is 37.6 Å². The first-order valence-corrected chi connectivity index (χ1v) is 12.5. The number of fused-ring (bicyclic) bond motifs is 1. The number of aromatic nitrogens is 1. The zero-order chi connectivity index (χ0) is 28.7. The number of nitrogens with two attached hydrogens (primary N) is 1. The lowest BCUT2D eigenvalue weighted by atomic mass is 10.0. The Morgan fingerprint density at radius 2 is 1.90 bits per heavy atom. The maximum Gasteiger partial charge on any atom is 0.329 e. The van der Waals surface area contributed by atoms with Gasteiger partial charge in [0, 0.05) is 48.9 Å². The molecule has 1 aromatic carbocycles. The van der Waals surface area contributed by atoms with E-state index in [0.29, 0.717) is 22.6 Å². The summed E-state index contributed by atoms with van der Waals surface area (Å²) < 4.78 is 40.9. The van der Waals surface area contributed by atoms with Crippen molar-refractivity contribution in [3.05, 3.63) is 71.5 Å². The molecule has 2 aliphatic heterocycles. The molecule has 1 atom stereocenters. The molecule has 1 aromatic heterocycles. The van der Waals surface area contributed by atoms with Gasteiger partial charge < -0.3 is 31.4 Å². The highest BCUT2D eigenvalue weighted by Gasteiger charge is 2.37. The van der Waals surface area contributed by atoms with Gasteiger partial charge in [0.15, 0.2) is 23.1 Å². The Kier molecular flexibility index (Phi) is 9.72. The van der Waals surface area contributed by atoms with E-state index in [1.165, 1.54) is 19.1 Å². The van der Waals surface area contributed by atoms with Crippen LogP contribution in [0.25, 0.3) is 5.57 Å². The van der Waals surface area contributed by atoms with Crippen LogP contribution in [0.5, 0.6) is 11.5 Å². The lowest BCUT2D eigenvalue weighted by Crippen LogP contribution is -2.50. The predicted octanol–water partition coefficient (Wildman–Crippen LogP) is 3.76. The molecule has 210 valence electrons. The number of amides is 2. The monoisotopic (exact) mass is 543 g/mol. The van der Waals surface area contributed by atoms with Crippen molar-refractivity contribution in [1.82, 2.24) is 21.2 Å². The number of carbonyl (C=O) groups excluding carboxylic acids is 1. The fourth-order valence-corrected chi connectivity index (χ4v) is 4.17. The van der Waals surface area contributed by atoms with Crippen LogP contribution in [-0.4, -0.2) is 44.9 Å². The second-order valence-electron chi connectivity index (χ2n) is 8.41. The smallest absolute Gasteiger partial charge is 0.329 e. The van der Waals surface area contributed by atoms with E-state index >= 15 is 8.78 Å². The largest absolute Gasteiger partial charge is 0.493 e. The standard InChI is InChI=1S/C25H29F2N7O3.C2H6/c1-14(28)17(11-29-2)18-8-19-15(10-30-18)12-34(25(35)33(19)13-16-6-5-7-31-32-16)24-22(26)20(36-3)9-21(37-4)23(24)27;1-2/h5-11,14,29,31-32H,12-13,28H2,1-4H3;1-2H3/b17-11+;. The van der Waals surface area contributed by atoms with Crippen molar-refractivity contribution in [2.24, 2.45) is 5.73 Å². The molecule has 0 aliphatic carbocycles. The van der Waals surface area contributed by atoms with Crippen LogP contribution in [0.15, 0.2) is 48.6 Å². The predicted molar refractivity (Wildman–Crippen MR) is 148 cm³/mol. The van der Waals surface area contributed by atoms with Crippen LogP contribution in [0.4, 0.5) is 25.0 Å². The number of halogens is 2. The molecule has 0 saturated heterocycles. The maximum atomic E-state index is 15.4. The molecule has 39 heavy (non-hydrogen) atoms. The first-order chi connectivity index (χ1) is 18.8. The molecular weight excluding hydrogens is 508 g/mol. The molecule has 4 rings (SSSR count). The van der Waals surface area contributed by atoms with Crippen molar-refractivity contribution >= 4 is 23.0 Å². The van der Waals surface area contributed by atoms with E-state index < -0.39 is 23.4 Å². The summed E-state index contributed by atoms with van der Waals surface area (Å²) in [6.45, 7) is 5.78. The molecule has 5 N–H and O–H groups in total. The number of benzene rings is 1. The van der Waals surface area contributed by atoms with Crippen LogP contribution >= 0.6 is 0 Å². The van der Waals surface area contributed by atoms with Gasteiger partial charge in [-0.2, -0.15) is 0 Å². The van der Waals surface area contributed by atoms with E-state index in [-0.39, 0.29) is 30.6 Å². The fraction of sp³-hybridized carbons (Fsp3) is 0.333. The number of methoxy groups -OCH3 is 2. The van der Waals surface area contributed by atoms with Crippen molar-refractivity contribution in [3.8, 4) is 11.5 Å². The molecule has 1 unspecified atom stereocenters. The molecule has 0 radical (unpaired) electrons. The molecule has 2 aliphatic rings. The number of nitrogens with one attached hydrogen (secondary N) is 3. The Labute approximate surface area is 227 Å². The number of pyridine rings is 1. The summed E-state index contributed by atoms with van der Waals surface area (Å²) in [5, 5.41) is 2.96. The van der Waals surface area contributed by atoms with Gasteiger partial charge in [-0.1, -0.05) is 13.8 Å². The second kappa shape index (κ2) is 13.0. The van der Waals surface area contributed by atoms with Gasteiger partial charge in [-0.15, -0.1) is 0 Å². The van der Waals surface area contributed by atoms with E-state index in [9.17, 15) is 4.79 Å². The summed E-state index contributed by atoms with van der Waals surface area (Å²) in [6.07, 6.45) is 8.57. The second-order valence-corrected chi connectivity index (χ2v) is 8.41. The topological polar surface area (TPSA) is 117 Å². The maximum absolute atomic E-state index is 15.4. The number of ether oxygens (including phenoxy) is 2. The Morgan fingerprint density at radius 3 is 2.44 bits per heavy atom. The van der Waals surface area contributed by atoms with Crippen LogP contribution in [-0.2, 0) is 6.54 Å². The third-order valence-electron chi connectivity index (χ3n) is 5.99. The van der Waals surface area contributed by atoms with E-state index in [0.717, 1.165) is 16.5 Å². The molecule has 10 nitrogen and oxygen atoms in total. The summed E-state index contributed by atoms with van der Waals surface area (Å²) >= 11 is 0. The number of anilines is 2. The van der Waals surface area contributed by atoms with Crippen LogP contribution in [0.1, 0.15) is 32.0 Å². The van der Waals surface area contributed by atoms with Gasteiger partial charge >= 0.3 is 6.03 Å². The number of hydrogen-bond acceptors (Lipinski definition) is 8. The number of carbonyl (C=O) groups is 1. The van der Waals surface area contributed by atoms with E-state index in [2.05, 4.69) is 21.2 Å². The molecule has 0 bridgehead atoms.